The summed E-state index contributed by atoms with van der Waals surface area (Å²) in [6, 6.07) is 10.2. The minimum absolute atomic E-state index is 0.0100. The van der Waals surface area contributed by atoms with Crippen molar-refractivity contribution < 1.29 is 4.79 Å². The van der Waals surface area contributed by atoms with Crippen LogP contribution in [0.1, 0.15) is 30.9 Å². The Balaban J connectivity index is 1.54. The minimum Gasteiger partial charge on any atom is -0.354 e. The third kappa shape index (κ3) is 4.14. The first-order valence-electron chi connectivity index (χ1n) is 8.33. The van der Waals surface area contributed by atoms with E-state index in [0.717, 1.165) is 6.42 Å². The highest BCUT2D eigenvalue weighted by Gasteiger charge is 2.08. The van der Waals surface area contributed by atoms with Gasteiger partial charge in [-0.1, -0.05) is 38.1 Å². The van der Waals surface area contributed by atoms with Crippen LogP contribution in [0.25, 0.3) is 10.2 Å². The molecule has 25 heavy (non-hydrogen) atoms. The van der Waals surface area contributed by atoms with Gasteiger partial charge in [-0.2, -0.15) is 0 Å². The fourth-order valence-electron chi connectivity index (χ4n) is 2.63. The van der Waals surface area contributed by atoms with Gasteiger partial charge in [-0.3, -0.25) is 14.2 Å². The second kappa shape index (κ2) is 7.61. The quantitative estimate of drug-likeness (QED) is 0.739. The highest BCUT2D eigenvalue weighted by atomic mass is 32.1. The third-order valence-corrected chi connectivity index (χ3v) is 4.97. The molecule has 0 saturated carbocycles. The number of rotatable bonds is 6. The Kier molecular flexibility index (Phi) is 5.28. The van der Waals surface area contributed by atoms with Gasteiger partial charge in [0.1, 0.15) is 11.4 Å². The van der Waals surface area contributed by atoms with Crippen molar-refractivity contribution in [3.8, 4) is 0 Å². The molecule has 0 aliphatic rings. The number of amides is 1. The number of fused-ring (bicyclic) bond motifs is 1. The van der Waals surface area contributed by atoms with Gasteiger partial charge in [-0.25, -0.2) is 4.98 Å². The summed E-state index contributed by atoms with van der Waals surface area (Å²) in [6.45, 7) is 4.87. The first kappa shape index (κ1) is 17.4. The molecule has 1 amide bonds. The molecule has 0 bridgehead atoms. The Bertz CT molecular complexity index is 926. The summed E-state index contributed by atoms with van der Waals surface area (Å²) in [6.07, 6.45) is 2.20. The van der Waals surface area contributed by atoms with Gasteiger partial charge in [-0.05, 0) is 34.9 Å². The second-order valence-electron chi connectivity index (χ2n) is 6.31. The monoisotopic (exact) mass is 355 g/mol. The Morgan fingerprint density at radius 1 is 1.24 bits per heavy atom. The van der Waals surface area contributed by atoms with E-state index in [1.807, 2.05) is 5.38 Å². The molecule has 0 saturated heterocycles. The van der Waals surface area contributed by atoms with Crippen LogP contribution in [-0.4, -0.2) is 22.0 Å². The zero-order valence-corrected chi connectivity index (χ0v) is 15.2. The number of benzene rings is 1. The predicted octanol–water partition coefficient (Wildman–Crippen LogP) is 2.94. The van der Waals surface area contributed by atoms with Gasteiger partial charge in [0.2, 0.25) is 5.91 Å². The van der Waals surface area contributed by atoms with Crippen molar-refractivity contribution in [3.63, 3.8) is 0 Å². The largest absolute Gasteiger partial charge is 0.354 e. The van der Waals surface area contributed by atoms with E-state index in [2.05, 4.69) is 48.4 Å². The molecular formula is C19H21N3O2S. The molecule has 0 radical (unpaired) electrons. The number of hydrogen-bond donors (Lipinski definition) is 1. The lowest BCUT2D eigenvalue weighted by molar-refractivity contribution is -0.121. The van der Waals surface area contributed by atoms with Crippen molar-refractivity contribution in [3.05, 3.63) is 63.5 Å². The molecule has 6 heteroatoms. The number of aromatic nitrogens is 2. The van der Waals surface area contributed by atoms with Crippen molar-refractivity contribution in [2.75, 3.05) is 6.54 Å². The maximum atomic E-state index is 12.3. The van der Waals surface area contributed by atoms with Gasteiger partial charge < -0.3 is 5.32 Å². The van der Waals surface area contributed by atoms with E-state index in [1.165, 1.54) is 33.4 Å². The molecule has 3 rings (SSSR count). The fraction of sp³-hybridized carbons (Fsp3) is 0.316. The van der Waals surface area contributed by atoms with E-state index in [1.54, 1.807) is 6.07 Å². The molecule has 130 valence electrons. The summed E-state index contributed by atoms with van der Waals surface area (Å²) < 4.78 is 1.35. The molecule has 0 unspecified atom stereocenters. The SMILES string of the molecule is CC(C)c1ccc(CCNC(=O)Cn2cnc3sccc3c2=O)cc1. The van der Waals surface area contributed by atoms with E-state index in [9.17, 15) is 9.59 Å². The molecule has 0 fully saturated rings. The van der Waals surface area contributed by atoms with Crippen LogP contribution in [0.4, 0.5) is 0 Å². The summed E-state index contributed by atoms with van der Waals surface area (Å²) >= 11 is 1.42. The van der Waals surface area contributed by atoms with Crippen LogP contribution < -0.4 is 10.9 Å². The van der Waals surface area contributed by atoms with Crippen LogP contribution >= 0.6 is 11.3 Å². The Hall–Kier alpha value is -2.47. The lowest BCUT2D eigenvalue weighted by atomic mass is 10.0. The summed E-state index contributed by atoms with van der Waals surface area (Å²) in [5.41, 5.74) is 2.32. The first-order chi connectivity index (χ1) is 12.0. The minimum atomic E-state index is -0.183. The summed E-state index contributed by atoms with van der Waals surface area (Å²) in [5.74, 6) is 0.332. The van der Waals surface area contributed by atoms with Gasteiger partial charge in [0.15, 0.2) is 0 Å². The van der Waals surface area contributed by atoms with Crippen LogP contribution in [0.5, 0.6) is 0 Å². The molecule has 2 heterocycles. The Labute approximate surface area is 150 Å². The number of thiophene rings is 1. The molecule has 2 aromatic heterocycles. The van der Waals surface area contributed by atoms with Crippen LogP contribution in [0, 0.1) is 0 Å². The molecule has 0 aliphatic carbocycles. The summed E-state index contributed by atoms with van der Waals surface area (Å²) in [5, 5.41) is 5.25. The molecule has 1 aromatic carbocycles. The normalized spacial score (nSPS) is 11.2. The lowest BCUT2D eigenvalue weighted by Gasteiger charge is -2.09. The zero-order valence-electron chi connectivity index (χ0n) is 14.4. The van der Waals surface area contributed by atoms with Crippen molar-refractivity contribution in [1.82, 2.24) is 14.9 Å². The van der Waals surface area contributed by atoms with Crippen LogP contribution in [0.3, 0.4) is 0 Å². The fourth-order valence-corrected chi connectivity index (χ4v) is 3.36. The maximum absolute atomic E-state index is 12.3. The van der Waals surface area contributed by atoms with E-state index in [-0.39, 0.29) is 18.0 Å². The van der Waals surface area contributed by atoms with E-state index in [4.69, 9.17) is 0 Å². The highest BCUT2D eigenvalue weighted by molar-refractivity contribution is 7.16. The number of carbonyl (C=O) groups excluding carboxylic acids is 1. The average Bonchev–Trinajstić information content (AvgIpc) is 3.07. The molecule has 3 aromatic rings. The van der Waals surface area contributed by atoms with Crippen molar-refractivity contribution >= 4 is 27.5 Å². The number of nitrogens with zero attached hydrogens (tertiary/aromatic N) is 2. The van der Waals surface area contributed by atoms with Crippen LogP contribution in [-0.2, 0) is 17.8 Å². The van der Waals surface area contributed by atoms with Gasteiger partial charge in [-0.15, -0.1) is 11.3 Å². The average molecular weight is 355 g/mol. The van der Waals surface area contributed by atoms with Gasteiger partial charge in [0, 0.05) is 6.54 Å². The maximum Gasteiger partial charge on any atom is 0.262 e. The topological polar surface area (TPSA) is 64.0 Å². The second-order valence-corrected chi connectivity index (χ2v) is 7.21. The Morgan fingerprint density at radius 3 is 2.72 bits per heavy atom. The van der Waals surface area contributed by atoms with Crippen molar-refractivity contribution in [1.29, 1.82) is 0 Å². The first-order valence-corrected chi connectivity index (χ1v) is 9.20. The van der Waals surface area contributed by atoms with E-state index >= 15 is 0 Å². The molecule has 0 atom stereocenters. The summed E-state index contributed by atoms with van der Waals surface area (Å²) in [4.78, 5) is 29.2. The highest BCUT2D eigenvalue weighted by Crippen LogP contribution is 2.15. The summed E-state index contributed by atoms with van der Waals surface area (Å²) in [7, 11) is 0. The molecule has 1 N–H and O–H groups in total. The third-order valence-electron chi connectivity index (χ3n) is 4.15. The zero-order chi connectivity index (χ0) is 17.8. The van der Waals surface area contributed by atoms with E-state index < -0.39 is 0 Å². The number of carbonyl (C=O) groups is 1. The van der Waals surface area contributed by atoms with Gasteiger partial charge in [0.05, 0.1) is 11.7 Å². The van der Waals surface area contributed by atoms with Crippen molar-refractivity contribution in [2.45, 2.75) is 32.7 Å². The molecule has 0 spiro atoms. The lowest BCUT2D eigenvalue weighted by Crippen LogP contribution is -2.33. The number of hydrogen-bond acceptors (Lipinski definition) is 4. The molecular weight excluding hydrogens is 334 g/mol. The van der Waals surface area contributed by atoms with Gasteiger partial charge >= 0.3 is 0 Å². The van der Waals surface area contributed by atoms with Crippen molar-refractivity contribution in [2.24, 2.45) is 0 Å². The molecule has 0 aliphatic heterocycles. The Morgan fingerprint density at radius 2 is 2.00 bits per heavy atom. The van der Waals surface area contributed by atoms with Crippen LogP contribution in [0.15, 0.2) is 46.8 Å². The molecule has 5 nitrogen and oxygen atoms in total. The van der Waals surface area contributed by atoms with Crippen LogP contribution in [0.2, 0.25) is 0 Å². The van der Waals surface area contributed by atoms with E-state index in [0.29, 0.717) is 22.7 Å². The predicted molar refractivity (Wildman–Crippen MR) is 101 cm³/mol. The number of nitrogens with one attached hydrogen (secondary N) is 1. The standard InChI is InChI=1S/C19H21N3O2S/c1-13(2)15-5-3-14(4-6-15)7-9-20-17(23)11-22-12-21-18-16(19(22)24)8-10-25-18/h3-6,8,10,12-13H,7,9,11H2,1-2H3,(H,20,23). The smallest absolute Gasteiger partial charge is 0.262 e. The van der Waals surface area contributed by atoms with Gasteiger partial charge in [0.25, 0.3) is 5.56 Å².